The van der Waals surface area contributed by atoms with Crippen LogP contribution in [0.3, 0.4) is 0 Å². The highest BCUT2D eigenvalue weighted by atomic mass is 35.5. The summed E-state index contributed by atoms with van der Waals surface area (Å²) in [5.41, 5.74) is 3.31. The van der Waals surface area contributed by atoms with Crippen LogP contribution in [0.15, 0.2) is 72.9 Å². The van der Waals surface area contributed by atoms with E-state index < -0.39 is 0 Å². The maximum absolute atomic E-state index is 13.6. The van der Waals surface area contributed by atoms with Gasteiger partial charge < -0.3 is 14.2 Å². The molecule has 0 fully saturated rings. The lowest BCUT2D eigenvalue weighted by Crippen LogP contribution is -2.36. The smallest absolute Gasteiger partial charge is 0.230 e. The number of aromatic nitrogens is 1. The SMILES string of the molecule is CCC(C(=O)N(CCCOC)Cc1cccn1Cc1cccc(Cl)c1)c1ccccc1. The molecule has 0 aliphatic rings. The van der Waals surface area contributed by atoms with Crippen molar-refractivity contribution in [3.8, 4) is 0 Å². The molecule has 5 heteroatoms. The normalized spacial score (nSPS) is 12.0. The van der Waals surface area contributed by atoms with Gasteiger partial charge in [-0.15, -0.1) is 0 Å². The molecular weight excluding hydrogens is 408 g/mol. The molecule has 164 valence electrons. The van der Waals surface area contributed by atoms with Crippen molar-refractivity contribution in [1.29, 1.82) is 0 Å². The fraction of sp³-hybridized carbons (Fsp3) is 0.346. The summed E-state index contributed by atoms with van der Waals surface area (Å²) in [5, 5.41) is 0.733. The summed E-state index contributed by atoms with van der Waals surface area (Å²) in [7, 11) is 1.70. The van der Waals surface area contributed by atoms with Crippen molar-refractivity contribution in [2.75, 3.05) is 20.3 Å². The second-order valence-electron chi connectivity index (χ2n) is 7.74. The Bertz CT molecular complexity index is 955. The largest absolute Gasteiger partial charge is 0.385 e. The van der Waals surface area contributed by atoms with E-state index in [4.69, 9.17) is 16.3 Å². The number of amides is 1. The van der Waals surface area contributed by atoms with Crippen LogP contribution in [0, 0.1) is 0 Å². The van der Waals surface area contributed by atoms with E-state index in [0.29, 0.717) is 19.7 Å². The number of methoxy groups -OCH3 is 1. The molecule has 31 heavy (non-hydrogen) atoms. The zero-order chi connectivity index (χ0) is 22.1. The van der Waals surface area contributed by atoms with E-state index in [0.717, 1.165) is 41.2 Å². The maximum Gasteiger partial charge on any atom is 0.230 e. The molecule has 1 aromatic heterocycles. The summed E-state index contributed by atoms with van der Waals surface area (Å²) in [6, 6.07) is 22.1. The molecule has 2 aromatic carbocycles. The molecule has 0 bridgehead atoms. The number of carbonyl (C=O) groups excluding carboxylic acids is 1. The molecule has 0 saturated carbocycles. The minimum absolute atomic E-state index is 0.139. The van der Waals surface area contributed by atoms with E-state index in [1.165, 1.54) is 0 Å². The van der Waals surface area contributed by atoms with Gasteiger partial charge in [0.25, 0.3) is 0 Å². The first-order valence-corrected chi connectivity index (χ1v) is 11.2. The van der Waals surface area contributed by atoms with Gasteiger partial charge in [-0.3, -0.25) is 4.79 Å². The van der Waals surface area contributed by atoms with Gasteiger partial charge in [-0.25, -0.2) is 0 Å². The van der Waals surface area contributed by atoms with Crippen molar-refractivity contribution in [3.63, 3.8) is 0 Å². The lowest BCUT2D eigenvalue weighted by Gasteiger charge is -2.28. The quantitative estimate of drug-likeness (QED) is 0.357. The minimum atomic E-state index is -0.139. The molecule has 0 spiro atoms. The first-order valence-electron chi connectivity index (χ1n) is 10.8. The van der Waals surface area contributed by atoms with Crippen LogP contribution in [-0.2, 0) is 22.6 Å². The highest BCUT2D eigenvalue weighted by Gasteiger charge is 2.25. The first kappa shape index (κ1) is 23.1. The van der Waals surface area contributed by atoms with Gasteiger partial charge in [0.1, 0.15) is 0 Å². The Morgan fingerprint density at radius 3 is 2.61 bits per heavy atom. The number of halogens is 1. The topological polar surface area (TPSA) is 34.5 Å². The van der Waals surface area contributed by atoms with Crippen molar-refractivity contribution in [2.45, 2.75) is 38.8 Å². The average Bonchev–Trinajstić information content (AvgIpc) is 3.21. The van der Waals surface area contributed by atoms with Gasteiger partial charge in [-0.05, 0) is 48.2 Å². The van der Waals surface area contributed by atoms with Gasteiger partial charge >= 0.3 is 0 Å². The molecule has 0 N–H and O–H groups in total. The predicted octanol–water partition coefficient (Wildman–Crippen LogP) is 5.75. The monoisotopic (exact) mass is 438 g/mol. The van der Waals surface area contributed by atoms with Gasteiger partial charge in [0.15, 0.2) is 0 Å². The maximum atomic E-state index is 13.6. The van der Waals surface area contributed by atoms with E-state index in [1.807, 2.05) is 59.5 Å². The van der Waals surface area contributed by atoms with Crippen LogP contribution in [0.4, 0.5) is 0 Å². The summed E-state index contributed by atoms with van der Waals surface area (Å²) < 4.78 is 7.42. The molecule has 4 nitrogen and oxygen atoms in total. The van der Waals surface area contributed by atoms with Gasteiger partial charge in [-0.2, -0.15) is 0 Å². The molecule has 0 saturated heterocycles. The number of hydrogen-bond donors (Lipinski definition) is 0. The number of rotatable bonds is 11. The zero-order valence-corrected chi connectivity index (χ0v) is 19.1. The average molecular weight is 439 g/mol. The second kappa shape index (κ2) is 11.7. The van der Waals surface area contributed by atoms with Crippen LogP contribution in [0.25, 0.3) is 0 Å². The van der Waals surface area contributed by atoms with E-state index in [-0.39, 0.29) is 11.8 Å². The zero-order valence-electron chi connectivity index (χ0n) is 18.3. The van der Waals surface area contributed by atoms with E-state index in [1.54, 1.807) is 7.11 Å². The molecule has 3 aromatic rings. The Kier molecular flexibility index (Phi) is 8.74. The van der Waals surface area contributed by atoms with Gasteiger partial charge in [0.05, 0.1) is 12.5 Å². The molecule has 1 heterocycles. The second-order valence-corrected chi connectivity index (χ2v) is 8.17. The van der Waals surface area contributed by atoms with E-state index in [9.17, 15) is 4.79 Å². The van der Waals surface area contributed by atoms with Crippen LogP contribution >= 0.6 is 11.6 Å². The van der Waals surface area contributed by atoms with Crippen molar-refractivity contribution < 1.29 is 9.53 Å². The van der Waals surface area contributed by atoms with Crippen molar-refractivity contribution in [3.05, 3.63) is 94.8 Å². The fourth-order valence-corrected chi connectivity index (χ4v) is 4.11. The predicted molar refractivity (Wildman–Crippen MR) is 126 cm³/mol. The summed E-state index contributed by atoms with van der Waals surface area (Å²) in [6.45, 7) is 4.66. The number of nitrogens with zero attached hydrogens (tertiary/aromatic N) is 2. The molecular formula is C26H31ClN2O2. The third-order valence-electron chi connectivity index (χ3n) is 5.51. The van der Waals surface area contributed by atoms with Gasteiger partial charge in [0.2, 0.25) is 5.91 Å². The number of carbonyl (C=O) groups is 1. The van der Waals surface area contributed by atoms with Crippen LogP contribution in [-0.4, -0.2) is 35.6 Å². The first-order chi connectivity index (χ1) is 15.1. The summed E-state index contributed by atoms with van der Waals surface area (Å²) >= 11 is 6.16. The van der Waals surface area contributed by atoms with Crippen molar-refractivity contribution in [1.82, 2.24) is 9.47 Å². The number of ether oxygens (including phenoxy) is 1. The fourth-order valence-electron chi connectivity index (χ4n) is 3.90. The van der Waals surface area contributed by atoms with Gasteiger partial charge in [0, 0.05) is 43.7 Å². The Balaban J connectivity index is 1.80. The van der Waals surface area contributed by atoms with Gasteiger partial charge in [-0.1, -0.05) is 61.0 Å². The molecule has 0 aliphatic carbocycles. The third-order valence-corrected chi connectivity index (χ3v) is 5.75. The summed E-state index contributed by atoms with van der Waals surface area (Å²) in [5.74, 6) is 0.0281. The standard InChI is InChI=1S/C26H31ClN2O2/c1-3-25(22-11-5-4-6-12-22)26(30)29(16-9-17-31-2)20-24-14-8-15-28(24)19-21-10-7-13-23(27)18-21/h4-8,10-15,18,25H,3,9,16-17,19-20H2,1-2H3. The summed E-state index contributed by atoms with van der Waals surface area (Å²) in [4.78, 5) is 15.5. The van der Waals surface area contributed by atoms with Crippen LogP contribution in [0.1, 0.15) is 42.5 Å². The van der Waals surface area contributed by atoms with E-state index >= 15 is 0 Å². The third kappa shape index (κ3) is 6.46. The molecule has 0 aliphatic heterocycles. The molecule has 3 rings (SSSR count). The molecule has 1 unspecified atom stereocenters. The number of hydrogen-bond acceptors (Lipinski definition) is 2. The molecule has 0 radical (unpaired) electrons. The Morgan fingerprint density at radius 2 is 1.90 bits per heavy atom. The van der Waals surface area contributed by atoms with Crippen LogP contribution in [0.5, 0.6) is 0 Å². The number of benzene rings is 2. The summed E-state index contributed by atoms with van der Waals surface area (Å²) in [6.07, 6.45) is 3.64. The van der Waals surface area contributed by atoms with Crippen molar-refractivity contribution in [2.24, 2.45) is 0 Å². The molecule has 1 atom stereocenters. The Hall–Kier alpha value is -2.56. The lowest BCUT2D eigenvalue weighted by atomic mass is 9.95. The van der Waals surface area contributed by atoms with Crippen LogP contribution in [0.2, 0.25) is 5.02 Å². The highest BCUT2D eigenvalue weighted by Crippen LogP contribution is 2.24. The van der Waals surface area contributed by atoms with E-state index in [2.05, 4.69) is 29.8 Å². The Morgan fingerprint density at radius 1 is 1.10 bits per heavy atom. The molecule has 1 amide bonds. The highest BCUT2D eigenvalue weighted by molar-refractivity contribution is 6.30. The van der Waals surface area contributed by atoms with Crippen LogP contribution < -0.4 is 0 Å². The minimum Gasteiger partial charge on any atom is -0.385 e. The van der Waals surface area contributed by atoms with Crippen molar-refractivity contribution >= 4 is 17.5 Å². The lowest BCUT2D eigenvalue weighted by molar-refractivity contribution is -0.133. The Labute approximate surface area is 190 Å².